The molecule has 1 saturated heterocycles. The first-order valence-corrected chi connectivity index (χ1v) is 12.4. The highest BCUT2D eigenvalue weighted by atomic mass is 32.7. The summed E-state index contributed by atoms with van der Waals surface area (Å²) in [5, 5.41) is 20.4. The van der Waals surface area contributed by atoms with Gasteiger partial charge in [-0.2, -0.15) is 17.5 Å². The Morgan fingerprint density at radius 1 is 1.23 bits per heavy atom. The van der Waals surface area contributed by atoms with Gasteiger partial charge in [-0.05, 0) is 0 Å². The molecule has 20 heteroatoms. The van der Waals surface area contributed by atoms with Gasteiger partial charge in [-0.15, -0.1) is 0 Å². The summed E-state index contributed by atoms with van der Waals surface area (Å²) in [5.74, 6) is 0.0280. The summed E-state index contributed by atoms with van der Waals surface area (Å²) in [6.07, 6.45) is -3.84. The van der Waals surface area contributed by atoms with Crippen molar-refractivity contribution < 1.29 is 55.9 Å². The van der Waals surface area contributed by atoms with Crippen LogP contribution in [0, 0.1) is 0 Å². The van der Waals surface area contributed by atoms with Gasteiger partial charge >= 0.3 is 20.1 Å². The van der Waals surface area contributed by atoms with E-state index in [-0.39, 0.29) is 17.0 Å². The predicted octanol–water partition coefficient (Wildman–Crippen LogP) is 0.515. The minimum Gasteiger partial charge on any atom is -0.387 e. The van der Waals surface area contributed by atoms with Crippen LogP contribution in [0.1, 0.15) is 6.23 Å². The quantitative estimate of drug-likeness (QED) is 0.321. The molecule has 0 amide bonds. The Balaban J connectivity index is 1.68. The largest absolute Gasteiger partial charge is 0.480 e. The van der Waals surface area contributed by atoms with E-state index in [1.54, 1.807) is 0 Å². The van der Waals surface area contributed by atoms with Gasteiger partial charge < -0.3 is 30.5 Å². The molecule has 2 aromatic rings. The van der Waals surface area contributed by atoms with Crippen LogP contribution in [0.25, 0.3) is 11.2 Å². The number of aromatic nitrogens is 4. The Kier molecular flexibility index (Phi) is 6.71. The molecular weight excluding hydrogens is 497 g/mol. The van der Waals surface area contributed by atoms with Gasteiger partial charge in [-0.1, -0.05) is 0 Å². The van der Waals surface area contributed by atoms with E-state index in [0.717, 1.165) is 6.33 Å². The highest BCUT2D eigenvalue weighted by Gasteiger charge is 2.48. The summed E-state index contributed by atoms with van der Waals surface area (Å²) in [7, 11) is -5.49. The molecule has 6 N–H and O–H groups in total. The lowest BCUT2D eigenvalue weighted by Crippen LogP contribution is -2.33. The van der Waals surface area contributed by atoms with Gasteiger partial charge in [0.15, 0.2) is 17.7 Å². The molecule has 3 heterocycles. The fraction of sp³-hybridized carbons (Fsp3) is 0.545. The highest BCUT2D eigenvalue weighted by Crippen LogP contribution is 2.70. The standard InChI is InChI=1S/C11H14F3N5O9P2S/c12-11(13,14)31-30(24,25)28-29(22,23)26-1-4-6(20)7(21)10(27-4)19-3-18-5-8(15)16-2-17-9(5)19/h2-4,6-7,10,20-21H,1H2,(H,22,23)(H,24,25)(H2,15,16,17)/t4-,6+,7?,10-/m1/s1. The van der Waals surface area contributed by atoms with E-state index in [0.29, 0.717) is 0 Å². The van der Waals surface area contributed by atoms with E-state index in [1.807, 2.05) is 0 Å². The number of rotatable bonds is 7. The number of phosphoric acid groups is 1. The number of phosphoric ester groups is 1. The molecule has 1 aliphatic heterocycles. The molecule has 14 nitrogen and oxygen atoms in total. The summed E-state index contributed by atoms with van der Waals surface area (Å²) in [5.41, 5.74) is 0.724. The fourth-order valence-corrected chi connectivity index (χ4v) is 6.43. The molecule has 3 unspecified atom stereocenters. The van der Waals surface area contributed by atoms with E-state index in [4.69, 9.17) is 15.4 Å². The van der Waals surface area contributed by atoms with Crippen LogP contribution in [-0.2, 0) is 22.7 Å². The Hall–Kier alpha value is -1.33. The second-order valence-corrected chi connectivity index (χ2v) is 11.3. The average Bonchev–Trinajstić information content (AvgIpc) is 3.13. The smallest absolute Gasteiger partial charge is 0.387 e. The fourth-order valence-electron chi connectivity index (χ4n) is 2.62. The lowest BCUT2D eigenvalue weighted by molar-refractivity contribution is -0.0501. The number of imidazole rings is 1. The van der Waals surface area contributed by atoms with Crippen LogP contribution in [0.3, 0.4) is 0 Å². The number of hydrogen-bond donors (Lipinski definition) is 5. The average molecular weight is 511 g/mol. The molecule has 0 bridgehead atoms. The third kappa shape index (κ3) is 5.73. The molecule has 0 aromatic carbocycles. The maximum absolute atomic E-state index is 12.2. The lowest BCUT2D eigenvalue weighted by atomic mass is 10.1. The number of hydrogen-bond acceptors (Lipinski definition) is 12. The number of ether oxygens (including phenoxy) is 1. The zero-order valence-electron chi connectivity index (χ0n) is 14.8. The topological polar surface area (TPSA) is 212 Å². The number of fused-ring (bicyclic) bond motifs is 1. The third-order valence-corrected chi connectivity index (χ3v) is 8.30. The Labute approximate surface area is 174 Å². The molecule has 0 saturated carbocycles. The van der Waals surface area contributed by atoms with Crippen molar-refractivity contribution in [2.75, 3.05) is 12.3 Å². The zero-order valence-corrected chi connectivity index (χ0v) is 17.4. The maximum Gasteiger partial charge on any atom is 0.480 e. The number of aliphatic hydroxyl groups excluding tert-OH is 2. The number of halogens is 3. The Bertz CT molecular complexity index is 1060. The minimum absolute atomic E-state index is 0.0280. The van der Waals surface area contributed by atoms with E-state index < -0.39 is 62.7 Å². The van der Waals surface area contributed by atoms with Gasteiger partial charge in [0, 0.05) is 0 Å². The van der Waals surface area contributed by atoms with Gasteiger partial charge in [0.1, 0.15) is 30.2 Å². The number of aliphatic hydroxyl groups is 2. The first-order chi connectivity index (χ1) is 14.2. The monoisotopic (exact) mass is 511 g/mol. The van der Waals surface area contributed by atoms with Crippen LogP contribution in [0.15, 0.2) is 12.7 Å². The van der Waals surface area contributed by atoms with Crippen molar-refractivity contribution in [3.63, 3.8) is 0 Å². The number of anilines is 1. The van der Waals surface area contributed by atoms with Crippen molar-refractivity contribution >= 4 is 43.0 Å². The molecule has 6 atom stereocenters. The van der Waals surface area contributed by atoms with Gasteiger partial charge in [0.05, 0.1) is 24.3 Å². The van der Waals surface area contributed by atoms with Crippen molar-refractivity contribution in [2.24, 2.45) is 0 Å². The van der Waals surface area contributed by atoms with E-state index in [2.05, 4.69) is 23.8 Å². The van der Waals surface area contributed by atoms with Crippen molar-refractivity contribution in [3.8, 4) is 0 Å². The van der Waals surface area contributed by atoms with Gasteiger partial charge in [0.2, 0.25) is 0 Å². The van der Waals surface area contributed by atoms with Crippen molar-refractivity contribution in [1.29, 1.82) is 0 Å². The molecule has 0 aliphatic carbocycles. The summed E-state index contributed by atoms with van der Waals surface area (Å²) in [6.45, 7) is -6.64. The van der Waals surface area contributed by atoms with Crippen LogP contribution in [0.5, 0.6) is 0 Å². The highest BCUT2D eigenvalue weighted by molar-refractivity contribution is 8.55. The first-order valence-electron chi connectivity index (χ1n) is 7.93. The Morgan fingerprint density at radius 2 is 1.90 bits per heavy atom. The lowest BCUT2D eigenvalue weighted by Gasteiger charge is -2.19. The van der Waals surface area contributed by atoms with E-state index in [1.165, 1.54) is 10.9 Å². The molecule has 1 aliphatic rings. The van der Waals surface area contributed by atoms with Crippen LogP contribution in [0.2, 0.25) is 0 Å². The van der Waals surface area contributed by atoms with Crippen LogP contribution in [-0.4, -0.2) is 69.9 Å². The van der Waals surface area contributed by atoms with Crippen molar-refractivity contribution in [1.82, 2.24) is 19.5 Å². The van der Waals surface area contributed by atoms with E-state index in [9.17, 15) is 37.4 Å². The zero-order chi connectivity index (χ0) is 23.2. The van der Waals surface area contributed by atoms with E-state index >= 15 is 0 Å². The molecule has 174 valence electrons. The second kappa shape index (κ2) is 8.55. The number of nitrogens with two attached hydrogens (primary N) is 1. The molecule has 3 rings (SSSR count). The molecule has 0 radical (unpaired) electrons. The third-order valence-electron chi connectivity index (χ3n) is 3.83. The summed E-state index contributed by atoms with van der Waals surface area (Å²) in [6, 6.07) is 0. The normalized spacial score (nSPS) is 28.5. The minimum atomic E-state index is -5.65. The molecule has 2 aromatic heterocycles. The molecule has 0 spiro atoms. The van der Waals surface area contributed by atoms with Crippen LogP contribution >= 0.6 is 26.0 Å². The van der Waals surface area contributed by atoms with Crippen molar-refractivity contribution in [3.05, 3.63) is 12.7 Å². The molecular formula is C11H14F3N5O9P2S. The van der Waals surface area contributed by atoms with Crippen LogP contribution < -0.4 is 5.73 Å². The summed E-state index contributed by atoms with van der Waals surface area (Å²) >= 11 is -1.53. The van der Waals surface area contributed by atoms with Gasteiger partial charge in [-0.3, -0.25) is 9.09 Å². The first kappa shape index (κ1) is 24.3. The summed E-state index contributed by atoms with van der Waals surface area (Å²) < 4.78 is 74.3. The van der Waals surface area contributed by atoms with Crippen LogP contribution in [0.4, 0.5) is 19.0 Å². The van der Waals surface area contributed by atoms with Gasteiger partial charge in [0.25, 0.3) is 0 Å². The second-order valence-electron chi connectivity index (χ2n) is 5.98. The maximum atomic E-state index is 12.2. The number of nitrogen functional groups attached to an aromatic ring is 1. The predicted molar refractivity (Wildman–Crippen MR) is 96.0 cm³/mol. The molecule has 1 fully saturated rings. The number of alkyl halides is 3. The number of nitrogens with zero attached hydrogens (tertiary/aromatic N) is 4. The SMILES string of the molecule is Nc1ncnc2c1ncn2[C@@H]1O[C@H](COP(=O)(O)OP(=O)(O)SC(F)(F)F)[C@H](O)C1O. The molecule has 31 heavy (non-hydrogen) atoms. The van der Waals surface area contributed by atoms with Crippen molar-refractivity contribution in [2.45, 2.75) is 30.0 Å². The summed E-state index contributed by atoms with van der Waals surface area (Å²) in [4.78, 5) is 30.1. The van der Waals surface area contributed by atoms with Gasteiger partial charge in [-0.25, -0.2) is 24.1 Å². The Morgan fingerprint density at radius 3 is 2.55 bits per heavy atom.